The number of benzene rings is 2. The predicted molar refractivity (Wildman–Crippen MR) is 133 cm³/mol. The molecular formula is C25H27N3O4S2. The van der Waals surface area contributed by atoms with Crippen molar-refractivity contribution in [3.8, 4) is 11.1 Å². The lowest BCUT2D eigenvalue weighted by molar-refractivity contribution is -0.119. The van der Waals surface area contributed by atoms with Crippen LogP contribution in [-0.2, 0) is 19.6 Å². The summed E-state index contributed by atoms with van der Waals surface area (Å²) >= 11 is 1.27. The molecule has 1 saturated heterocycles. The molecule has 178 valence electrons. The highest BCUT2D eigenvalue weighted by Gasteiger charge is 2.26. The van der Waals surface area contributed by atoms with Crippen LogP contribution in [0.15, 0.2) is 82.8 Å². The Balaban J connectivity index is 1.29. The first kappa shape index (κ1) is 24.4. The molecule has 34 heavy (non-hydrogen) atoms. The molecule has 2 aromatic carbocycles. The summed E-state index contributed by atoms with van der Waals surface area (Å²) in [6, 6.07) is 21.3. The molecule has 9 heteroatoms. The number of hydrogen-bond acceptors (Lipinski definition) is 6. The lowest BCUT2D eigenvalue weighted by Crippen LogP contribution is -2.40. The van der Waals surface area contributed by atoms with E-state index in [2.05, 4.69) is 34.6 Å². The van der Waals surface area contributed by atoms with Crippen LogP contribution in [0, 0.1) is 0 Å². The van der Waals surface area contributed by atoms with Gasteiger partial charge >= 0.3 is 0 Å². The summed E-state index contributed by atoms with van der Waals surface area (Å²) in [5, 5.41) is 3.60. The average Bonchev–Trinajstić information content (AvgIpc) is 2.89. The molecule has 0 aliphatic carbocycles. The summed E-state index contributed by atoms with van der Waals surface area (Å²) in [6.07, 6.45) is 1.35. The van der Waals surface area contributed by atoms with Crippen LogP contribution in [0.4, 0.5) is 0 Å². The van der Waals surface area contributed by atoms with Crippen molar-refractivity contribution in [1.29, 1.82) is 0 Å². The average molecular weight is 498 g/mol. The van der Waals surface area contributed by atoms with Crippen molar-refractivity contribution in [3.05, 3.63) is 78.5 Å². The lowest BCUT2D eigenvalue weighted by Gasteiger charge is -2.25. The van der Waals surface area contributed by atoms with Crippen molar-refractivity contribution in [2.75, 3.05) is 32.1 Å². The van der Waals surface area contributed by atoms with E-state index in [1.165, 1.54) is 28.3 Å². The van der Waals surface area contributed by atoms with Gasteiger partial charge < -0.3 is 10.1 Å². The molecule has 0 spiro atoms. The Labute approximate surface area is 204 Å². The predicted octanol–water partition coefficient (Wildman–Crippen LogP) is 3.74. The largest absolute Gasteiger partial charge is 0.379 e. The molecule has 7 nitrogen and oxygen atoms in total. The zero-order chi connectivity index (χ0) is 24.0. The van der Waals surface area contributed by atoms with Gasteiger partial charge in [0.2, 0.25) is 15.9 Å². The first-order chi connectivity index (χ1) is 16.4. The molecule has 0 unspecified atom stereocenters. The summed E-state index contributed by atoms with van der Waals surface area (Å²) in [7, 11) is -3.58. The second-order valence-corrected chi connectivity index (χ2v) is 10.8. The van der Waals surface area contributed by atoms with E-state index in [0.29, 0.717) is 31.3 Å². The number of morpholine rings is 1. The molecule has 1 N–H and O–H groups in total. The number of amides is 1. The van der Waals surface area contributed by atoms with Crippen LogP contribution in [0.3, 0.4) is 0 Å². The highest BCUT2D eigenvalue weighted by molar-refractivity contribution is 7.99. The van der Waals surface area contributed by atoms with E-state index in [1.54, 1.807) is 6.07 Å². The smallest absolute Gasteiger partial charge is 0.244 e. The van der Waals surface area contributed by atoms with Gasteiger partial charge in [0.1, 0.15) is 4.90 Å². The van der Waals surface area contributed by atoms with Crippen molar-refractivity contribution in [2.24, 2.45) is 0 Å². The summed E-state index contributed by atoms with van der Waals surface area (Å²) in [5.41, 5.74) is 3.30. The molecule has 4 rings (SSSR count). The molecule has 0 saturated carbocycles. The Morgan fingerprint density at radius 3 is 2.35 bits per heavy atom. The Morgan fingerprint density at radius 1 is 1.03 bits per heavy atom. The van der Waals surface area contributed by atoms with Crippen LogP contribution in [0.1, 0.15) is 18.5 Å². The minimum absolute atomic E-state index is 0.114. The van der Waals surface area contributed by atoms with Gasteiger partial charge in [0.15, 0.2) is 0 Å². The third-order valence-electron chi connectivity index (χ3n) is 5.56. The second-order valence-electron chi connectivity index (χ2n) is 7.91. The number of pyridine rings is 1. The van der Waals surface area contributed by atoms with E-state index in [9.17, 15) is 13.2 Å². The molecular weight excluding hydrogens is 470 g/mol. The highest BCUT2D eigenvalue weighted by Crippen LogP contribution is 2.23. The standard InChI is InChI=1S/C25H27N3O4S2/c1-19(20-7-9-22(10-8-20)21-5-3-2-4-6-21)27-24(29)18-33-25-12-11-23(17-26-25)34(30,31)28-13-15-32-16-14-28/h2-12,17,19H,13-16,18H2,1H3,(H,27,29)/t19-/m1/s1. The Bertz CT molecular complexity index is 1200. The number of nitrogens with one attached hydrogen (secondary N) is 1. The molecule has 1 fully saturated rings. The van der Waals surface area contributed by atoms with Crippen LogP contribution in [0.2, 0.25) is 0 Å². The number of carbonyl (C=O) groups is 1. The van der Waals surface area contributed by atoms with Crippen LogP contribution in [0.25, 0.3) is 11.1 Å². The number of rotatable bonds is 8. The molecule has 0 bridgehead atoms. The number of nitrogens with zero attached hydrogens (tertiary/aromatic N) is 2. The van der Waals surface area contributed by atoms with E-state index >= 15 is 0 Å². The highest BCUT2D eigenvalue weighted by atomic mass is 32.2. The second kappa shape index (κ2) is 11.1. The van der Waals surface area contributed by atoms with Crippen LogP contribution < -0.4 is 5.32 Å². The Kier molecular flexibility index (Phi) is 7.99. The number of ether oxygens (including phenoxy) is 1. The summed E-state index contributed by atoms with van der Waals surface area (Å²) in [4.78, 5) is 16.8. The van der Waals surface area contributed by atoms with Crippen molar-refractivity contribution < 1.29 is 17.9 Å². The Hall–Kier alpha value is -2.72. The summed E-state index contributed by atoms with van der Waals surface area (Å²) < 4.78 is 32.0. The molecule has 1 aliphatic heterocycles. The quantitative estimate of drug-likeness (QED) is 0.477. The van der Waals surface area contributed by atoms with Gasteiger partial charge in [-0.2, -0.15) is 4.31 Å². The van der Waals surface area contributed by atoms with Crippen LogP contribution in [-0.4, -0.2) is 55.7 Å². The van der Waals surface area contributed by atoms with Gasteiger partial charge in [-0.25, -0.2) is 13.4 Å². The fraction of sp³-hybridized carbons (Fsp3) is 0.280. The molecule has 2 heterocycles. The summed E-state index contributed by atoms with van der Waals surface area (Å²) in [5.74, 6) is 0.0751. The van der Waals surface area contributed by atoms with Crippen molar-refractivity contribution in [3.63, 3.8) is 0 Å². The monoisotopic (exact) mass is 497 g/mol. The topological polar surface area (TPSA) is 88.6 Å². The number of aromatic nitrogens is 1. The lowest BCUT2D eigenvalue weighted by atomic mass is 10.0. The number of thioether (sulfide) groups is 1. The maximum Gasteiger partial charge on any atom is 0.244 e. The first-order valence-electron chi connectivity index (χ1n) is 11.0. The third kappa shape index (κ3) is 6.04. The maximum atomic E-state index is 12.7. The van der Waals surface area contributed by atoms with E-state index in [1.807, 2.05) is 37.3 Å². The van der Waals surface area contributed by atoms with Gasteiger partial charge in [0.25, 0.3) is 0 Å². The third-order valence-corrected chi connectivity index (χ3v) is 8.39. The Morgan fingerprint density at radius 2 is 1.71 bits per heavy atom. The van der Waals surface area contributed by atoms with Crippen molar-refractivity contribution in [1.82, 2.24) is 14.6 Å². The van der Waals surface area contributed by atoms with Gasteiger partial charge in [-0.3, -0.25) is 4.79 Å². The number of sulfonamides is 1. The SMILES string of the molecule is C[C@@H](NC(=O)CSc1ccc(S(=O)(=O)N2CCOCC2)cn1)c1ccc(-c2ccccc2)cc1. The zero-order valence-electron chi connectivity index (χ0n) is 18.9. The van der Waals surface area contributed by atoms with Crippen molar-refractivity contribution >= 4 is 27.7 Å². The molecule has 1 aliphatic rings. The van der Waals surface area contributed by atoms with Crippen molar-refractivity contribution in [2.45, 2.75) is 22.9 Å². The fourth-order valence-corrected chi connectivity index (χ4v) is 5.65. The summed E-state index contributed by atoms with van der Waals surface area (Å²) in [6.45, 7) is 3.42. The number of carbonyl (C=O) groups excluding carboxylic acids is 1. The molecule has 0 radical (unpaired) electrons. The van der Waals surface area contributed by atoms with E-state index in [4.69, 9.17) is 4.74 Å². The normalized spacial score (nSPS) is 15.6. The van der Waals surface area contributed by atoms with Gasteiger partial charge in [0, 0.05) is 19.3 Å². The zero-order valence-corrected chi connectivity index (χ0v) is 20.5. The number of hydrogen-bond donors (Lipinski definition) is 1. The van der Waals surface area contributed by atoms with Gasteiger partial charge in [-0.15, -0.1) is 0 Å². The first-order valence-corrected chi connectivity index (χ1v) is 13.5. The van der Waals surface area contributed by atoms with Crippen LogP contribution >= 0.6 is 11.8 Å². The van der Waals surface area contributed by atoms with Gasteiger partial charge in [0.05, 0.1) is 30.0 Å². The molecule has 3 aromatic rings. The minimum atomic E-state index is -3.58. The van der Waals surface area contributed by atoms with E-state index in [0.717, 1.165) is 16.7 Å². The maximum absolute atomic E-state index is 12.7. The van der Waals surface area contributed by atoms with Gasteiger partial charge in [-0.1, -0.05) is 66.4 Å². The minimum Gasteiger partial charge on any atom is -0.379 e. The van der Waals surface area contributed by atoms with E-state index in [-0.39, 0.29) is 22.6 Å². The van der Waals surface area contributed by atoms with Crippen LogP contribution in [0.5, 0.6) is 0 Å². The fourth-order valence-electron chi connectivity index (χ4n) is 3.64. The molecule has 1 amide bonds. The van der Waals surface area contributed by atoms with Gasteiger partial charge in [-0.05, 0) is 35.7 Å². The molecule has 1 atom stereocenters. The molecule has 1 aromatic heterocycles. The van der Waals surface area contributed by atoms with E-state index < -0.39 is 10.0 Å².